The summed E-state index contributed by atoms with van der Waals surface area (Å²) in [6.07, 6.45) is 2.35. The first kappa shape index (κ1) is 31.4. The van der Waals surface area contributed by atoms with Crippen molar-refractivity contribution in [2.45, 2.75) is 18.9 Å². The molecule has 10 nitrogen and oxygen atoms in total. The van der Waals surface area contributed by atoms with Gasteiger partial charge >= 0.3 is 18.0 Å². The summed E-state index contributed by atoms with van der Waals surface area (Å²) in [6.45, 7) is 3.99. The molecule has 0 spiro atoms. The number of hydrogen-bond acceptors (Lipinski definition) is 6. The number of carbonyl (C=O) groups excluding carboxylic acids is 2. The number of rotatable bonds is 11. The Kier molecular flexibility index (Phi) is 14.2. The molecule has 0 radical (unpaired) electrons. The number of aliphatic carboxylic acids is 2. The lowest BCUT2D eigenvalue weighted by Crippen LogP contribution is -2.56. The van der Waals surface area contributed by atoms with Crippen LogP contribution in [-0.4, -0.2) is 95.0 Å². The molecule has 2 aromatic carbocycles. The van der Waals surface area contributed by atoms with Crippen LogP contribution in [0.2, 0.25) is 0 Å². The molecule has 3 rings (SSSR count). The highest BCUT2D eigenvalue weighted by molar-refractivity contribution is 7.80. The fourth-order valence-electron chi connectivity index (χ4n) is 3.88. The van der Waals surface area contributed by atoms with Gasteiger partial charge in [0.15, 0.2) is 0 Å². The topological polar surface area (TPSA) is 139 Å². The van der Waals surface area contributed by atoms with Crippen LogP contribution < -0.4 is 10.6 Å². The van der Waals surface area contributed by atoms with Gasteiger partial charge < -0.3 is 30.6 Å². The summed E-state index contributed by atoms with van der Waals surface area (Å²) in [5.41, 5.74) is 2.21. The molecule has 1 unspecified atom stereocenters. The van der Waals surface area contributed by atoms with Gasteiger partial charge in [-0.2, -0.15) is 12.6 Å². The first-order valence-electron chi connectivity index (χ1n) is 12.7. The highest BCUT2D eigenvalue weighted by atomic mass is 32.1. The number of nitrogens with zero attached hydrogens (tertiary/aromatic N) is 2. The lowest BCUT2D eigenvalue weighted by Gasteiger charge is -2.32. The maximum atomic E-state index is 13.2. The Morgan fingerprint density at radius 1 is 0.897 bits per heavy atom. The van der Waals surface area contributed by atoms with Crippen LogP contribution in [0.3, 0.4) is 0 Å². The standard InChI is InChI=1S/C24H32N4O2S.C4H4O4/c29-23(27-15-12-25-13-16-27)22(19-21-9-5-2-6-10-21)26-24(30)28(17-18-31)14-11-20-7-3-1-4-8-20;5-3(6)1-2-4(7)8/h1-10,22,25,31H,11-19H2,(H,26,30);1-2H,(H,5,6)(H,7,8)/b;2-1+. The van der Waals surface area contributed by atoms with Crippen molar-refractivity contribution < 1.29 is 29.4 Å². The number of carboxylic acid groups (broad SMARTS) is 2. The van der Waals surface area contributed by atoms with Gasteiger partial charge in [0.1, 0.15) is 6.04 Å². The Labute approximate surface area is 234 Å². The van der Waals surface area contributed by atoms with E-state index in [9.17, 15) is 19.2 Å². The number of nitrogens with one attached hydrogen (secondary N) is 2. The highest BCUT2D eigenvalue weighted by Gasteiger charge is 2.28. The van der Waals surface area contributed by atoms with Crippen molar-refractivity contribution in [3.63, 3.8) is 0 Å². The molecule has 4 N–H and O–H groups in total. The van der Waals surface area contributed by atoms with E-state index in [-0.39, 0.29) is 11.9 Å². The molecule has 0 saturated carbocycles. The number of thiol groups is 1. The van der Waals surface area contributed by atoms with E-state index in [1.807, 2.05) is 53.4 Å². The minimum absolute atomic E-state index is 0.0208. The Bertz CT molecular complexity index is 1060. The molecule has 3 amide bonds. The van der Waals surface area contributed by atoms with Crippen molar-refractivity contribution in [1.82, 2.24) is 20.4 Å². The van der Waals surface area contributed by atoms with Crippen LogP contribution in [-0.2, 0) is 27.2 Å². The zero-order valence-corrected chi connectivity index (χ0v) is 22.6. The van der Waals surface area contributed by atoms with Crippen LogP contribution in [0.4, 0.5) is 4.79 Å². The molecule has 1 saturated heterocycles. The molecular formula is C28H36N4O6S. The summed E-state index contributed by atoms with van der Waals surface area (Å²) in [6, 6.07) is 19.1. The van der Waals surface area contributed by atoms with E-state index in [1.54, 1.807) is 4.90 Å². The molecule has 1 aliphatic rings. The molecule has 2 aromatic rings. The Hall–Kier alpha value is -3.83. The van der Waals surface area contributed by atoms with E-state index in [0.29, 0.717) is 50.5 Å². The first-order chi connectivity index (χ1) is 18.8. The second kappa shape index (κ2) is 17.6. The maximum Gasteiger partial charge on any atom is 0.328 e. The zero-order valence-electron chi connectivity index (χ0n) is 21.7. The van der Waals surface area contributed by atoms with Crippen LogP contribution in [0, 0.1) is 0 Å². The maximum absolute atomic E-state index is 13.2. The fraction of sp³-hybridized carbons (Fsp3) is 0.357. The normalized spacial score (nSPS) is 13.6. The predicted molar refractivity (Wildman–Crippen MR) is 152 cm³/mol. The molecule has 1 atom stereocenters. The highest BCUT2D eigenvalue weighted by Crippen LogP contribution is 2.09. The number of carbonyl (C=O) groups is 4. The summed E-state index contributed by atoms with van der Waals surface area (Å²) < 4.78 is 0. The second-order valence-electron chi connectivity index (χ2n) is 8.72. The van der Waals surface area contributed by atoms with Crippen molar-refractivity contribution in [3.05, 3.63) is 83.9 Å². The van der Waals surface area contributed by atoms with Crippen molar-refractivity contribution in [1.29, 1.82) is 0 Å². The van der Waals surface area contributed by atoms with Crippen LogP contribution in [0.1, 0.15) is 11.1 Å². The van der Waals surface area contributed by atoms with E-state index in [2.05, 4.69) is 35.4 Å². The summed E-state index contributed by atoms with van der Waals surface area (Å²) in [7, 11) is 0. The van der Waals surface area contributed by atoms with Crippen molar-refractivity contribution in [3.8, 4) is 0 Å². The fourth-order valence-corrected chi connectivity index (χ4v) is 4.12. The minimum atomic E-state index is -1.26. The second-order valence-corrected chi connectivity index (χ2v) is 9.17. The predicted octanol–water partition coefficient (Wildman–Crippen LogP) is 1.93. The van der Waals surface area contributed by atoms with Crippen LogP contribution in [0.5, 0.6) is 0 Å². The Morgan fingerprint density at radius 2 is 1.44 bits per heavy atom. The number of carboxylic acids is 2. The summed E-state index contributed by atoms with van der Waals surface area (Å²) in [5.74, 6) is -1.97. The number of urea groups is 1. The number of piperazine rings is 1. The molecule has 210 valence electrons. The van der Waals surface area contributed by atoms with E-state index in [4.69, 9.17) is 10.2 Å². The molecule has 1 aliphatic heterocycles. The summed E-state index contributed by atoms with van der Waals surface area (Å²) in [5, 5.41) is 21.9. The number of amides is 3. The minimum Gasteiger partial charge on any atom is -0.478 e. The SMILES string of the molecule is O=C(NC(Cc1ccccc1)C(=O)N1CCNCC1)N(CCS)CCc1ccccc1.O=C(O)/C=C/C(=O)O. The van der Waals surface area contributed by atoms with Crippen molar-refractivity contribution in [2.24, 2.45) is 0 Å². The smallest absolute Gasteiger partial charge is 0.328 e. The van der Waals surface area contributed by atoms with Gasteiger partial charge in [-0.1, -0.05) is 60.7 Å². The molecular weight excluding hydrogens is 520 g/mol. The number of benzene rings is 2. The van der Waals surface area contributed by atoms with Gasteiger partial charge in [0.2, 0.25) is 5.91 Å². The molecule has 39 heavy (non-hydrogen) atoms. The quantitative estimate of drug-likeness (QED) is 0.211. The molecule has 11 heteroatoms. The lowest BCUT2D eigenvalue weighted by molar-refractivity contribution is -0.134. The van der Waals surface area contributed by atoms with Gasteiger partial charge in [0.05, 0.1) is 0 Å². The molecule has 0 aliphatic carbocycles. The van der Waals surface area contributed by atoms with Crippen LogP contribution >= 0.6 is 12.6 Å². The van der Waals surface area contributed by atoms with E-state index in [0.717, 1.165) is 25.1 Å². The third-order valence-corrected chi connectivity index (χ3v) is 6.05. The van der Waals surface area contributed by atoms with Gasteiger partial charge in [0.25, 0.3) is 0 Å². The van der Waals surface area contributed by atoms with Crippen LogP contribution in [0.15, 0.2) is 72.8 Å². The monoisotopic (exact) mass is 556 g/mol. The molecule has 0 aromatic heterocycles. The average molecular weight is 557 g/mol. The van der Waals surface area contributed by atoms with E-state index >= 15 is 0 Å². The molecule has 0 bridgehead atoms. The summed E-state index contributed by atoms with van der Waals surface area (Å²) >= 11 is 4.33. The Morgan fingerprint density at radius 3 is 1.95 bits per heavy atom. The van der Waals surface area contributed by atoms with Gasteiger partial charge in [-0.3, -0.25) is 4.79 Å². The van der Waals surface area contributed by atoms with Gasteiger partial charge in [-0.05, 0) is 17.5 Å². The van der Waals surface area contributed by atoms with Crippen molar-refractivity contribution in [2.75, 3.05) is 45.0 Å². The van der Waals surface area contributed by atoms with Crippen LogP contribution in [0.25, 0.3) is 0 Å². The Balaban J connectivity index is 0.000000580. The van der Waals surface area contributed by atoms with Gasteiger partial charge in [-0.15, -0.1) is 0 Å². The van der Waals surface area contributed by atoms with Crippen molar-refractivity contribution >= 4 is 36.5 Å². The van der Waals surface area contributed by atoms with E-state index in [1.165, 1.54) is 5.56 Å². The molecule has 1 heterocycles. The molecule has 1 fully saturated rings. The van der Waals surface area contributed by atoms with Gasteiger partial charge in [0, 0.05) is 63.6 Å². The average Bonchev–Trinajstić information content (AvgIpc) is 2.95. The third kappa shape index (κ3) is 12.5. The van der Waals surface area contributed by atoms with E-state index < -0.39 is 18.0 Å². The zero-order chi connectivity index (χ0) is 28.5. The first-order valence-corrected chi connectivity index (χ1v) is 13.3. The summed E-state index contributed by atoms with van der Waals surface area (Å²) in [4.78, 5) is 49.1. The van der Waals surface area contributed by atoms with Gasteiger partial charge in [-0.25, -0.2) is 14.4 Å². The lowest BCUT2D eigenvalue weighted by atomic mass is 10.0. The largest absolute Gasteiger partial charge is 0.478 e. The third-order valence-electron chi connectivity index (χ3n) is 5.85. The number of hydrogen-bond donors (Lipinski definition) is 5.